The molecule has 0 saturated carbocycles. The summed E-state index contributed by atoms with van der Waals surface area (Å²) in [6.45, 7) is 1.71. The van der Waals surface area contributed by atoms with E-state index in [1.165, 1.54) is 0 Å². The van der Waals surface area contributed by atoms with Crippen LogP contribution in [0.1, 0.15) is 21.6 Å². The summed E-state index contributed by atoms with van der Waals surface area (Å²) >= 11 is 7.11. The molecule has 2 N–H and O–H groups in total. The molecule has 7 nitrogen and oxygen atoms in total. The quantitative estimate of drug-likeness (QED) is 0.244. The van der Waals surface area contributed by atoms with Crippen LogP contribution < -0.4 is 15.4 Å². The van der Waals surface area contributed by atoms with Crippen LogP contribution in [0.2, 0.25) is 5.02 Å². The maximum Gasteiger partial charge on any atom is 0.258 e. The first kappa shape index (κ1) is 26.7. The molecule has 1 heterocycles. The largest absolute Gasteiger partial charge is 0.497 e. The van der Waals surface area contributed by atoms with Crippen molar-refractivity contribution in [2.45, 2.75) is 11.9 Å². The number of halogens is 1. The lowest BCUT2D eigenvalue weighted by atomic mass is 9.94. The average Bonchev–Trinajstić information content (AvgIpc) is 2.93. The Morgan fingerprint density at radius 2 is 1.63 bits per heavy atom. The highest BCUT2D eigenvalue weighted by atomic mass is 35.5. The number of nitrogens with one attached hydrogen (secondary N) is 2. The number of anilines is 2. The summed E-state index contributed by atoms with van der Waals surface area (Å²) in [5.74, 6) is 0.0180. The molecule has 3 aromatic carbocycles. The molecule has 0 aliphatic heterocycles. The third-order valence-electron chi connectivity index (χ3n) is 5.56. The Kier molecular flexibility index (Phi) is 8.64. The summed E-state index contributed by atoms with van der Waals surface area (Å²) in [5, 5.41) is 16.8. The SMILES string of the molecule is COc1ccc(-c2c(C#N)c(SCC(=O)Nc3ccccc3)nc(C)c2C(=O)Nc2ccc(Cl)cc2)cc1. The second-order valence-electron chi connectivity index (χ2n) is 8.13. The van der Waals surface area contributed by atoms with Crippen LogP contribution in [0.25, 0.3) is 11.1 Å². The fraction of sp³-hybridized carbons (Fsp3) is 0.103. The molecule has 1 aromatic heterocycles. The highest BCUT2D eigenvalue weighted by Crippen LogP contribution is 2.36. The number of amides is 2. The van der Waals surface area contributed by atoms with Gasteiger partial charge in [-0.05, 0) is 61.0 Å². The van der Waals surface area contributed by atoms with Crippen LogP contribution in [0.4, 0.5) is 11.4 Å². The number of methoxy groups -OCH3 is 1. The van der Waals surface area contributed by atoms with E-state index < -0.39 is 5.91 Å². The van der Waals surface area contributed by atoms with E-state index in [1.54, 1.807) is 74.7 Å². The van der Waals surface area contributed by atoms with Crippen LogP contribution in [-0.4, -0.2) is 29.7 Å². The van der Waals surface area contributed by atoms with Crippen molar-refractivity contribution in [3.8, 4) is 22.9 Å². The van der Waals surface area contributed by atoms with E-state index >= 15 is 0 Å². The van der Waals surface area contributed by atoms with Gasteiger partial charge in [-0.1, -0.05) is 53.7 Å². The molecule has 0 spiro atoms. The average molecular weight is 543 g/mol. The topological polar surface area (TPSA) is 104 Å². The van der Waals surface area contributed by atoms with Crippen LogP contribution in [0.15, 0.2) is 83.9 Å². The van der Waals surface area contributed by atoms with Crippen molar-refractivity contribution in [2.24, 2.45) is 0 Å². The predicted molar refractivity (Wildman–Crippen MR) is 151 cm³/mol. The van der Waals surface area contributed by atoms with Crippen LogP contribution >= 0.6 is 23.4 Å². The summed E-state index contributed by atoms with van der Waals surface area (Å²) < 4.78 is 5.27. The molecular formula is C29H23ClN4O3S. The van der Waals surface area contributed by atoms with Gasteiger partial charge in [0, 0.05) is 22.0 Å². The second kappa shape index (κ2) is 12.3. The molecule has 0 aliphatic carbocycles. The molecule has 9 heteroatoms. The van der Waals surface area contributed by atoms with Crippen molar-refractivity contribution < 1.29 is 14.3 Å². The summed E-state index contributed by atoms with van der Waals surface area (Å²) in [7, 11) is 1.56. The first-order valence-electron chi connectivity index (χ1n) is 11.5. The number of aromatic nitrogens is 1. The summed E-state index contributed by atoms with van der Waals surface area (Å²) in [4.78, 5) is 30.6. The van der Waals surface area contributed by atoms with E-state index in [0.717, 1.165) is 11.8 Å². The normalized spacial score (nSPS) is 10.4. The molecule has 4 aromatic rings. The summed E-state index contributed by atoms with van der Waals surface area (Å²) in [6, 6.07) is 25.1. The molecule has 0 bridgehead atoms. The number of thioether (sulfide) groups is 1. The van der Waals surface area contributed by atoms with Crippen molar-refractivity contribution >= 4 is 46.6 Å². The number of pyridine rings is 1. The highest BCUT2D eigenvalue weighted by Gasteiger charge is 2.25. The molecule has 0 fully saturated rings. The van der Waals surface area contributed by atoms with E-state index in [4.69, 9.17) is 16.3 Å². The van der Waals surface area contributed by atoms with Gasteiger partial charge in [0.15, 0.2) is 0 Å². The van der Waals surface area contributed by atoms with Gasteiger partial charge in [-0.2, -0.15) is 5.26 Å². The van der Waals surface area contributed by atoms with Crippen LogP contribution in [-0.2, 0) is 4.79 Å². The Labute approximate surface area is 229 Å². The van der Waals surface area contributed by atoms with Gasteiger partial charge in [0.1, 0.15) is 16.8 Å². The smallest absolute Gasteiger partial charge is 0.258 e. The third kappa shape index (κ3) is 6.32. The lowest BCUT2D eigenvalue weighted by Gasteiger charge is -2.17. The second-order valence-corrected chi connectivity index (χ2v) is 9.53. The van der Waals surface area contributed by atoms with Gasteiger partial charge < -0.3 is 15.4 Å². The minimum absolute atomic E-state index is 0.0361. The minimum Gasteiger partial charge on any atom is -0.497 e. The molecular weight excluding hydrogens is 520 g/mol. The Balaban J connectivity index is 1.72. The van der Waals surface area contributed by atoms with Crippen LogP contribution in [0.3, 0.4) is 0 Å². The van der Waals surface area contributed by atoms with Gasteiger partial charge in [0.05, 0.1) is 29.7 Å². The molecule has 4 rings (SSSR count). The van der Waals surface area contributed by atoms with Crippen LogP contribution in [0, 0.1) is 18.3 Å². The van der Waals surface area contributed by atoms with E-state index in [-0.39, 0.29) is 22.8 Å². The molecule has 0 atom stereocenters. The summed E-state index contributed by atoms with van der Waals surface area (Å²) in [5.41, 5.74) is 3.20. The monoisotopic (exact) mass is 542 g/mol. The number of aryl methyl sites for hydroxylation is 1. The van der Waals surface area contributed by atoms with Crippen molar-refractivity contribution in [2.75, 3.05) is 23.5 Å². The molecule has 38 heavy (non-hydrogen) atoms. The van der Waals surface area contributed by atoms with Gasteiger partial charge in [-0.3, -0.25) is 9.59 Å². The van der Waals surface area contributed by atoms with E-state index in [1.807, 2.05) is 18.2 Å². The molecule has 0 aliphatic rings. The first-order chi connectivity index (χ1) is 18.4. The number of carbonyl (C=O) groups is 2. The first-order valence-corrected chi connectivity index (χ1v) is 12.9. The number of benzene rings is 3. The zero-order valence-corrected chi connectivity index (χ0v) is 22.2. The number of rotatable bonds is 8. The Morgan fingerprint density at radius 1 is 0.974 bits per heavy atom. The molecule has 0 saturated heterocycles. The standard InChI is InChI=1S/C29H23ClN4O3S/c1-18-26(28(36)34-22-12-10-20(30)11-13-22)27(19-8-14-23(37-2)15-9-19)24(16-31)29(32-18)38-17-25(35)33-21-6-4-3-5-7-21/h3-15H,17H2,1-2H3,(H,33,35)(H,34,36). The zero-order chi connectivity index (χ0) is 27.1. The minimum atomic E-state index is -0.419. The number of hydrogen-bond donors (Lipinski definition) is 2. The third-order valence-corrected chi connectivity index (χ3v) is 6.79. The Hall–Kier alpha value is -4.32. The van der Waals surface area contributed by atoms with E-state index in [9.17, 15) is 14.9 Å². The Morgan fingerprint density at radius 3 is 2.26 bits per heavy atom. The number of hydrogen-bond acceptors (Lipinski definition) is 6. The van der Waals surface area contributed by atoms with Crippen LogP contribution in [0.5, 0.6) is 5.75 Å². The molecule has 2 amide bonds. The predicted octanol–water partition coefficient (Wildman–Crippen LogP) is 6.57. The van der Waals surface area contributed by atoms with Crippen molar-refractivity contribution in [3.63, 3.8) is 0 Å². The fourth-order valence-corrected chi connectivity index (χ4v) is 4.75. The van der Waals surface area contributed by atoms with Gasteiger partial charge >= 0.3 is 0 Å². The highest BCUT2D eigenvalue weighted by molar-refractivity contribution is 8.00. The lowest BCUT2D eigenvalue weighted by molar-refractivity contribution is -0.113. The number of ether oxygens (including phenoxy) is 1. The van der Waals surface area contributed by atoms with Crippen molar-refractivity contribution in [3.05, 3.63) is 101 Å². The fourth-order valence-electron chi connectivity index (χ4n) is 3.79. The van der Waals surface area contributed by atoms with E-state index in [2.05, 4.69) is 21.7 Å². The maximum absolute atomic E-state index is 13.5. The number of nitrogens with zero attached hydrogens (tertiary/aromatic N) is 2. The number of nitriles is 1. The van der Waals surface area contributed by atoms with Crippen molar-refractivity contribution in [1.82, 2.24) is 4.98 Å². The van der Waals surface area contributed by atoms with Crippen molar-refractivity contribution in [1.29, 1.82) is 5.26 Å². The zero-order valence-electron chi connectivity index (χ0n) is 20.6. The molecule has 0 radical (unpaired) electrons. The van der Waals surface area contributed by atoms with Gasteiger partial charge in [0.25, 0.3) is 5.91 Å². The number of para-hydroxylation sites is 1. The summed E-state index contributed by atoms with van der Waals surface area (Å²) in [6.07, 6.45) is 0. The van der Waals surface area contributed by atoms with Gasteiger partial charge in [0.2, 0.25) is 5.91 Å². The van der Waals surface area contributed by atoms with E-state index in [0.29, 0.717) is 44.0 Å². The van der Waals surface area contributed by atoms with Gasteiger partial charge in [-0.15, -0.1) is 0 Å². The lowest BCUT2D eigenvalue weighted by Crippen LogP contribution is -2.18. The number of carbonyl (C=O) groups excluding carboxylic acids is 2. The van der Waals surface area contributed by atoms with Gasteiger partial charge in [-0.25, -0.2) is 4.98 Å². The maximum atomic E-state index is 13.5. The molecule has 190 valence electrons. The Bertz CT molecular complexity index is 1500. The molecule has 0 unspecified atom stereocenters.